The molecule has 0 aromatic heterocycles. The molecule has 0 radical (unpaired) electrons. The molecule has 0 heterocycles. The van der Waals surface area contributed by atoms with Crippen molar-refractivity contribution in [2.75, 3.05) is 0 Å². The molecule has 0 spiro atoms. The van der Waals surface area contributed by atoms with Crippen molar-refractivity contribution in [3.8, 4) is 0 Å². The van der Waals surface area contributed by atoms with Crippen LogP contribution in [0.25, 0.3) is 0 Å². The first-order valence-corrected chi connectivity index (χ1v) is 3.99. The van der Waals surface area contributed by atoms with Crippen LogP contribution in [0.4, 0.5) is 5.69 Å². The maximum Gasteiger partial charge on any atom is 0.269 e. The minimum absolute atomic E-state index is 0.00398. The summed E-state index contributed by atoms with van der Waals surface area (Å²) < 4.78 is 0. The van der Waals surface area contributed by atoms with Crippen LogP contribution in [-0.4, -0.2) is 11.0 Å². The molecular formula is C8H5ClN2O3. The highest BCUT2D eigenvalue weighted by Crippen LogP contribution is 2.22. The molecule has 0 bridgehead atoms. The number of hydrogen-bond donors (Lipinski definition) is 0. The van der Waals surface area contributed by atoms with Gasteiger partial charge in [-0.1, -0.05) is 11.6 Å². The summed E-state index contributed by atoms with van der Waals surface area (Å²) in [5.74, 6) is 0. The first kappa shape index (κ1) is 10.4. The molecule has 0 N–H and O–H groups in total. The number of nitro groups is 1. The zero-order valence-corrected chi connectivity index (χ0v) is 7.69. The van der Waals surface area contributed by atoms with Crippen molar-refractivity contribution in [1.29, 1.82) is 0 Å². The molecule has 0 fully saturated rings. The fourth-order valence-electron chi connectivity index (χ4n) is 0.913. The Bertz CT molecular complexity index is 413. The SMILES string of the molecule is O=C=NCc1cc([N+](=O)[O-])ccc1Cl. The molecule has 14 heavy (non-hydrogen) atoms. The van der Waals surface area contributed by atoms with Crippen LogP contribution in [0.3, 0.4) is 0 Å². The summed E-state index contributed by atoms with van der Waals surface area (Å²) in [4.78, 5) is 23.0. The number of halogens is 1. The molecule has 0 aliphatic heterocycles. The Morgan fingerprint density at radius 1 is 1.57 bits per heavy atom. The first-order chi connectivity index (χ1) is 6.65. The van der Waals surface area contributed by atoms with Crippen LogP contribution in [0.15, 0.2) is 23.2 Å². The second kappa shape index (κ2) is 4.50. The molecule has 0 saturated carbocycles. The molecule has 6 heteroatoms. The summed E-state index contributed by atoms with van der Waals surface area (Å²) in [6.45, 7) is 0.00398. The average Bonchev–Trinajstić information content (AvgIpc) is 2.16. The van der Waals surface area contributed by atoms with Crippen molar-refractivity contribution in [2.45, 2.75) is 6.54 Å². The molecule has 5 nitrogen and oxygen atoms in total. The van der Waals surface area contributed by atoms with Crippen LogP contribution in [0.5, 0.6) is 0 Å². The fraction of sp³-hybridized carbons (Fsp3) is 0.125. The highest BCUT2D eigenvalue weighted by Gasteiger charge is 2.08. The van der Waals surface area contributed by atoms with Gasteiger partial charge < -0.3 is 0 Å². The van der Waals surface area contributed by atoms with Gasteiger partial charge in [0, 0.05) is 17.2 Å². The molecule has 0 aliphatic carbocycles. The molecular weight excluding hydrogens is 208 g/mol. The first-order valence-electron chi connectivity index (χ1n) is 3.61. The van der Waals surface area contributed by atoms with E-state index in [0.717, 1.165) is 0 Å². The van der Waals surface area contributed by atoms with Crippen molar-refractivity contribution in [1.82, 2.24) is 0 Å². The Morgan fingerprint density at radius 2 is 2.29 bits per heavy atom. The number of hydrogen-bond acceptors (Lipinski definition) is 4. The molecule has 1 rings (SSSR count). The van der Waals surface area contributed by atoms with Crippen LogP contribution in [-0.2, 0) is 11.3 Å². The van der Waals surface area contributed by atoms with Gasteiger partial charge in [-0.05, 0) is 11.6 Å². The normalized spacial score (nSPS) is 9.21. The Kier molecular flexibility index (Phi) is 3.34. The largest absolute Gasteiger partial charge is 0.269 e. The van der Waals surface area contributed by atoms with Gasteiger partial charge in [-0.3, -0.25) is 10.1 Å². The second-order valence-electron chi connectivity index (χ2n) is 2.44. The molecule has 1 aromatic rings. The van der Waals surface area contributed by atoms with Crippen LogP contribution in [0.1, 0.15) is 5.56 Å². The number of isocyanates is 1. The smallest absolute Gasteiger partial charge is 0.258 e. The summed E-state index contributed by atoms with van der Waals surface area (Å²) in [5.41, 5.74) is 0.356. The Labute approximate surface area is 84.2 Å². The van der Waals surface area contributed by atoms with Gasteiger partial charge in [0.05, 0.1) is 11.5 Å². The molecule has 0 amide bonds. The Balaban J connectivity index is 3.07. The zero-order chi connectivity index (χ0) is 10.6. The molecule has 1 aromatic carbocycles. The molecule has 0 atom stereocenters. The third-order valence-corrected chi connectivity index (χ3v) is 1.92. The highest BCUT2D eigenvalue weighted by molar-refractivity contribution is 6.31. The van der Waals surface area contributed by atoms with Crippen molar-refractivity contribution < 1.29 is 9.72 Å². The monoisotopic (exact) mass is 212 g/mol. The van der Waals surface area contributed by atoms with Crippen molar-refractivity contribution in [3.63, 3.8) is 0 Å². The fourth-order valence-corrected chi connectivity index (χ4v) is 1.09. The maximum atomic E-state index is 10.4. The van der Waals surface area contributed by atoms with Crippen LogP contribution in [0, 0.1) is 10.1 Å². The van der Waals surface area contributed by atoms with E-state index in [1.807, 2.05) is 0 Å². The van der Waals surface area contributed by atoms with Gasteiger partial charge in [0.1, 0.15) is 0 Å². The number of carbonyl (C=O) groups excluding carboxylic acids is 1. The van der Waals surface area contributed by atoms with Crippen LogP contribution in [0.2, 0.25) is 5.02 Å². The van der Waals surface area contributed by atoms with E-state index in [9.17, 15) is 14.9 Å². The lowest BCUT2D eigenvalue weighted by Crippen LogP contribution is -1.90. The summed E-state index contributed by atoms with van der Waals surface area (Å²) >= 11 is 5.72. The van der Waals surface area contributed by atoms with E-state index in [1.54, 1.807) is 0 Å². The summed E-state index contributed by atoms with van der Waals surface area (Å²) in [5, 5.41) is 10.7. The number of rotatable bonds is 3. The standard InChI is InChI=1S/C8H5ClN2O3/c9-8-2-1-7(11(13)14)3-6(8)4-10-5-12/h1-3H,4H2. The van der Waals surface area contributed by atoms with Crippen LogP contribution < -0.4 is 0 Å². The van der Waals surface area contributed by atoms with Gasteiger partial charge in [0.25, 0.3) is 5.69 Å². The van der Waals surface area contributed by atoms with Crippen LogP contribution >= 0.6 is 11.6 Å². The molecule has 0 aliphatic rings. The van der Waals surface area contributed by atoms with E-state index in [2.05, 4.69) is 4.99 Å². The zero-order valence-electron chi connectivity index (χ0n) is 6.94. The van der Waals surface area contributed by atoms with E-state index >= 15 is 0 Å². The van der Waals surface area contributed by atoms with E-state index in [0.29, 0.717) is 10.6 Å². The van der Waals surface area contributed by atoms with Crippen molar-refractivity contribution >= 4 is 23.4 Å². The number of aliphatic imine (C=N–C) groups is 1. The number of nitrogens with zero attached hydrogens (tertiary/aromatic N) is 2. The Morgan fingerprint density at radius 3 is 2.86 bits per heavy atom. The minimum atomic E-state index is -0.537. The predicted molar refractivity (Wildman–Crippen MR) is 49.9 cm³/mol. The second-order valence-corrected chi connectivity index (χ2v) is 2.85. The summed E-state index contributed by atoms with van der Waals surface area (Å²) in [6, 6.07) is 3.97. The maximum absolute atomic E-state index is 10.4. The number of benzene rings is 1. The van der Waals surface area contributed by atoms with Crippen molar-refractivity contribution in [2.24, 2.45) is 4.99 Å². The van der Waals surface area contributed by atoms with Gasteiger partial charge in [0.15, 0.2) is 0 Å². The van der Waals surface area contributed by atoms with Gasteiger partial charge in [-0.15, -0.1) is 0 Å². The van der Waals surface area contributed by atoms with Crippen molar-refractivity contribution in [3.05, 3.63) is 38.9 Å². The van der Waals surface area contributed by atoms with E-state index in [-0.39, 0.29) is 12.2 Å². The Hall–Kier alpha value is -1.71. The minimum Gasteiger partial charge on any atom is -0.258 e. The number of nitro benzene ring substituents is 1. The lowest BCUT2D eigenvalue weighted by molar-refractivity contribution is -0.384. The lowest BCUT2D eigenvalue weighted by Gasteiger charge is -1.98. The van der Waals surface area contributed by atoms with E-state index in [1.165, 1.54) is 24.3 Å². The van der Waals surface area contributed by atoms with Gasteiger partial charge in [-0.25, -0.2) is 9.79 Å². The lowest BCUT2D eigenvalue weighted by atomic mass is 10.2. The van der Waals surface area contributed by atoms with E-state index < -0.39 is 4.92 Å². The summed E-state index contributed by atoms with van der Waals surface area (Å²) in [6.07, 6.45) is 1.34. The topological polar surface area (TPSA) is 72.6 Å². The third-order valence-electron chi connectivity index (χ3n) is 1.55. The molecule has 72 valence electrons. The van der Waals surface area contributed by atoms with Gasteiger partial charge in [0.2, 0.25) is 6.08 Å². The number of non-ortho nitro benzene ring substituents is 1. The quantitative estimate of drug-likeness (QED) is 0.333. The molecule has 0 saturated heterocycles. The van der Waals surface area contributed by atoms with E-state index in [4.69, 9.17) is 11.6 Å². The van der Waals surface area contributed by atoms with Gasteiger partial charge >= 0.3 is 0 Å². The predicted octanol–water partition coefficient (Wildman–Crippen LogP) is 2.08. The highest BCUT2D eigenvalue weighted by atomic mass is 35.5. The van der Waals surface area contributed by atoms with Gasteiger partial charge in [-0.2, -0.15) is 0 Å². The molecule has 0 unspecified atom stereocenters. The summed E-state index contributed by atoms with van der Waals surface area (Å²) in [7, 11) is 0. The third kappa shape index (κ3) is 2.39. The average molecular weight is 213 g/mol.